The average Bonchev–Trinajstić information content (AvgIpc) is 2.85. The molecule has 1 saturated heterocycles. The Balaban J connectivity index is 1.47. The van der Waals surface area contributed by atoms with Crippen molar-refractivity contribution in [1.82, 2.24) is 4.31 Å². The number of benzene rings is 3. The number of carbonyl (C=O) groups is 1. The van der Waals surface area contributed by atoms with E-state index < -0.39 is 21.7 Å². The Bertz CT molecular complexity index is 1310. The monoisotopic (exact) mass is 517 g/mol. The molecule has 0 radical (unpaired) electrons. The first-order valence-electron chi connectivity index (χ1n) is 11.1. The lowest BCUT2D eigenvalue weighted by Gasteiger charge is -2.35. The van der Waals surface area contributed by atoms with E-state index in [-0.39, 0.29) is 23.5 Å². The Morgan fingerprint density at radius 2 is 1.74 bits per heavy atom. The van der Waals surface area contributed by atoms with Crippen molar-refractivity contribution in [2.75, 3.05) is 43.0 Å². The van der Waals surface area contributed by atoms with E-state index in [1.165, 1.54) is 10.4 Å². The summed E-state index contributed by atoms with van der Waals surface area (Å²) in [6, 6.07) is 17.3. The molecule has 1 aliphatic heterocycles. The van der Waals surface area contributed by atoms with Crippen molar-refractivity contribution in [3.8, 4) is 5.75 Å². The normalized spacial score (nSPS) is 14.5. The van der Waals surface area contributed by atoms with Crippen LogP contribution < -0.4 is 15.0 Å². The molecule has 1 aliphatic rings. The molecule has 1 amide bonds. The number of halogens is 2. The number of nitrogens with zero attached hydrogens (tertiary/aromatic N) is 2. The summed E-state index contributed by atoms with van der Waals surface area (Å²) in [7, 11) is -3.92. The molecule has 0 aliphatic carbocycles. The van der Waals surface area contributed by atoms with Gasteiger partial charge in [0.15, 0.2) is 0 Å². The van der Waals surface area contributed by atoms with Gasteiger partial charge in [0.25, 0.3) is 5.91 Å². The minimum absolute atomic E-state index is 0.132. The molecule has 1 fully saturated rings. The summed E-state index contributed by atoms with van der Waals surface area (Å²) in [5.41, 5.74) is 1.00. The van der Waals surface area contributed by atoms with Gasteiger partial charge in [-0.25, -0.2) is 12.8 Å². The first-order chi connectivity index (χ1) is 16.8. The molecule has 35 heavy (non-hydrogen) atoms. The zero-order valence-corrected chi connectivity index (χ0v) is 20.7. The van der Waals surface area contributed by atoms with Crippen LogP contribution in [0.3, 0.4) is 0 Å². The molecule has 4 rings (SSSR count). The zero-order valence-electron chi connectivity index (χ0n) is 19.1. The molecular weight excluding hydrogens is 493 g/mol. The van der Waals surface area contributed by atoms with Crippen molar-refractivity contribution in [2.24, 2.45) is 0 Å². The molecule has 0 bridgehead atoms. The van der Waals surface area contributed by atoms with Crippen molar-refractivity contribution in [3.63, 3.8) is 0 Å². The van der Waals surface area contributed by atoms with Crippen LogP contribution in [-0.2, 0) is 10.0 Å². The number of sulfonamides is 1. The lowest BCUT2D eigenvalue weighted by Crippen LogP contribution is -2.48. The Hall–Kier alpha value is -3.14. The minimum Gasteiger partial charge on any atom is -0.494 e. The van der Waals surface area contributed by atoms with E-state index in [1.807, 2.05) is 25.1 Å². The molecule has 184 valence electrons. The van der Waals surface area contributed by atoms with Crippen LogP contribution in [0.4, 0.5) is 15.8 Å². The second-order valence-corrected chi connectivity index (χ2v) is 10.3. The molecular formula is C25H25ClFN3O4S. The fourth-order valence-electron chi connectivity index (χ4n) is 3.85. The summed E-state index contributed by atoms with van der Waals surface area (Å²) in [5, 5.41) is 3.21. The van der Waals surface area contributed by atoms with Gasteiger partial charge in [0.2, 0.25) is 10.0 Å². The molecule has 1 heterocycles. The van der Waals surface area contributed by atoms with Crippen LogP contribution in [0.25, 0.3) is 0 Å². The summed E-state index contributed by atoms with van der Waals surface area (Å²) >= 11 is 6.07. The van der Waals surface area contributed by atoms with Crippen molar-refractivity contribution in [3.05, 3.63) is 83.1 Å². The summed E-state index contributed by atoms with van der Waals surface area (Å²) in [6.07, 6.45) is 0. The van der Waals surface area contributed by atoms with E-state index in [0.29, 0.717) is 36.2 Å². The summed E-state index contributed by atoms with van der Waals surface area (Å²) in [4.78, 5) is 14.6. The minimum atomic E-state index is -3.92. The number of nitrogens with one attached hydrogen (secondary N) is 1. The van der Waals surface area contributed by atoms with Crippen LogP contribution in [0, 0.1) is 5.82 Å². The number of anilines is 2. The van der Waals surface area contributed by atoms with Gasteiger partial charge >= 0.3 is 0 Å². The van der Waals surface area contributed by atoms with Gasteiger partial charge in [0, 0.05) is 42.6 Å². The third-order valence-electron chi connectivity index (χ3n) is 5.66. The predicted octanol–water partition coefficient (Wildman–Crippen LogP) is 4.64. The highest BCUT2D eigenvalue weighted by Gasteiger charge is 2.30. The van der Waals surface area contributed by atoms with Gasteiger partial charge in [-0.2, -0.15) is 4.31 Å². The van der Waals surface area contributed by atoms with Crippen LogP contribution in [-0.4, -0.2) is 51.4 Å². The molecule has 0 aromatic heterocycles. The molecule has 3 aromatic rings. The van der Waals surface area contributed by atoms with E-state index in [0.717, 1.165) is 17.8 Å². The van der Waals surface area contributed by atoms with Crippen LogP contribution in [0.2, 0.25) is 5.02 Å². The number of piperazine rings is 1. The Morgan fingerprint density at radius 3 is 2.40 bits per heavy atom. The maximum absolute atomic E-state index is 14.5. The van der Waals surface area contributed by atoms with E-state index >= 15 is 0 Å². The molecule has 3 aromatic carbocycles. The largest absolute Gasteiger partial charge is 0.494 e. The first kappa shape index (κ1) is 25.0. The lowest BCUT2D eigenvalue weighted by molar-refractivity contribution is 0.102. The zero-order chi connectivity index (χ0) is 25.0. The van der Waals surface area contributed by atoms with Crippen molar-refractivity contribution >= 4 is 38.9 Å². The third kappa shape index (κ3) is 5.75. The Kier molecular flexibility index (Phi) is 7.59. The van der Waals surface area contributed by atoms with Crippen molar-refractivity contribution < 1.29 is 22.3 Å². The summed E-state index contributed by atoms with van der Waals surface area (Å²) in [6.45, 7) is 3.82. The molecule has 0 atom stereocenters. The van der Waals surface area contributed by atoms with Gasteiger partial charge in [-0.3, -0.25) is 4.79 Å². The van der Waals surface area contributed by atoms with Crippen molar-refractivity contribution in [1.29, 1.82) is 0 Å². The number of carbonyl (C=O) groups excluding carboxylic acids is 1. The smallest absolute Gasteiger partial charge is 0.258 e. The van der Waals surface area contributed by atoms with Gasteiger partial charge in [-0.05, 0) is 67.6 Å². The fourth-order valence-corrected chi connectivity index (χ4v) is 5.48. The summed E-state index contributed by atoms with van der Waals surface area (Å²) in [5.74, 6) is -0.909. The van der Waals surface area contributed by atoms with Crippen molar-refractivity contribution in [2.45, 2.75) is 11.8 Å². The number of hydrogen-bond donors (Lipinski definition) is 1. The highest BCUT2D eigenvalue weighted by molar-refractivity contribution is 7.89. The Morgan fingerprint density at radius 1 is 1.03 bits per heavy atom. The first-order valence-corrected chi connectivity index (χ1v) is 12.9. The van der Waals surface area contributed by atoms with Crippen LogP contribution in [0.15, 0.2) is 71.6 Å². The van der Waals surface area contributed by atoms with Crippen LogP contribution >= 0.6 is 11.6 Å². The Labute approximate surface area is 209 Å². The fraction of sp³-hybridized carbons (Fsp3) is 0.240. The quantitative estimate of drug-likeness (QED) is 0.494. The highest BCUT2D eigenvalue weighted by atomic mass is 35.5. The molecule has 1 N–H and O–H groups in total. The van der Waals surface area contributed by atoms with E-state index in [2.05, 4.69) is 10.2 Å². The molecule has 10 heteroatoms. The third-order valence-corrected chi connectivity index (χ3v) is 7.79. The molecule has 0 spiro atoms. The number of amides is 1. The van der Waals surface area contributed by atoms with Gasteiger partial charge in [-0.15, -0.1) is 0 Å². The number of ether oxygens (including phenoxy) is 1. The maximum Gasteiger partial charge on any atom is 0.258 e. The topological polar surface area (TPSA) is 78.9 Å². The van der Waals surface area contributed by atoms with E-state index in [4.69, 9.17) is 16.3 Å². The predicted molar refractivity (Wildman–Crippen MR) is 134 cm³/mol. The van der Waals surface area contributed by atoms with E-state index in [1.54, 1.807) is 30.3 Å². The second-order valence-electron chi connectivity index (χ2n) is 7.92. The maximum atomic E-state index is 14.5. The SMILES string of the molecule is CCOc1ccc(NC(=O)c2cc(S(=O)(=O)N3CCN(c4cccc(Cl)c4)CC3)ccc2F)cc1. The highest BCUT2D eigenvalue weighted by Crippen LogP contribution is 2.25. The molecule has 7 nitrogen and oxygen atoms in total. The van der Waals surface area contributed by atoms with Crippen LogP contribution in [0.5, 0.6) is 5.75 Å². The van der Waals surface area contributed by atoms with Gasteiger partial charge in [0.1, 0.15) is 11.6 Å². The molecule has 0 unspecified atom stereocenters. The summed E-state index contributed by atoms with van der Waals surface area (Å²) < 4.78 is 47.7. The van der Waals surface area contributed by atoms with E-state index in [9.17, 15) is 17.6 Å². The van der Waals surface area contributed by atoms with Crippen LogP contribution in [0.1, 0.15) is 17.3 Å². The number of rotatable bonds is 7. The van der Waals surface area contributed by atoms with Gasteiger partial charge in [0.05, 0.1) is 17.1 Å². The lowest BCUT2D eigenvalue weighted by atomic mass is 10.2. The average molecular weight is 518 g/mol. The second kappa shape index (κ2) is 10.6. The molecule has 0 saturated carbocycles. The standard InChI is InChI=1S/C25H25ClFN3O4S/c1-2-34-21-8-6-19(7-9-21)28-25(31)23-17-22(10-11-24(23)27)35(32,33)30-14-12-29(13-15-30)20-5-3-4-18(26)16-20/h3-11,16-17H,2,12-15H2,1H3,(H,28,31). The van der Waals surface area contributed by atoms with Gasteiger partial charge in [-0.1, -0.05) is 17.7 Å². The number of hydrogen-bond acceptors (Lipinski definition) is 5. The van der Waals surface area contributed by atoms with Gasteiger partial charge < -0.3 is 15.0 Å².